The Hall–Kier alpha value is -4.26. The summed E-state index contributed by atoms with van der Waals surface area (Å²) in [6, 6.07) is 18.6. The quantitative estimate of drug-likeness (QED) is 0.243. The number of aryl methyl sites for hydroxylation is 1. The Bertz CT molecular complexity index is 1340. The predicted molar refractivity (Wildman–Crippen MR) is 142 cm³/mol. The van der Waals surface area contributed by atoms with Crippen LogP contribution >= 0.6 is 0 Å². The van der Waals surface area contributed by atoms with Gasteiger partial charge in [-0.3, -0.25) is 14.5 Å². The third-order valence-electron chi connectivity index (χ3n) is 6.18. The summed E-state index contributed by atoms with van der Waals surface area (Å²) < 4.78 is 16.7. The lowest BCUT2D eigenvalue weighted by molar-refractivity contribution is -0.132. The Balaban J connectivity index is 1.94. The molecule has 192 valence electrons. The first-order valence-corrected chi connectivity index (χ1v) is 12.1. The number of methoxy groups -OCH3 is 2. The number of Topliss-reactive ketones (excluding diaryl/α,β-unsaturated/α-hetero) is 1. The summed E-state index contributed by atoms with van der Waals surface area (Å²) in [5.41, 5.74) is 2.40. The maximum atomic E-state index is 13.5. The van der Waals surface area contributed by atoms with Crippen molar-refractivity contribution in [2.24, 2.45) is 5.92 Å². The number of anilines is 1. The van der Waals surface area contributed by atoms with Gasteiger partial charge in [-0.15, -0.1) is 0 Å². The molecule has 0 aliphatic carbocycles. The molecule has 1 aliphatic heterocycles. The van der Waals surface area contributed by atoms with Crippen molar-refractivity contribution in [2.75, 3.05) is 25.7 Å². The molecule has 1 fully saturated rings. The fourth-order valence-electron chi connectivity index (χ4n) is 4.30. The zero-order valence-electron chi connectivity index (χ0n) is 21.6. The van der Waals surface area contributed by atoms with Crippen LogP contribution in [0.15, 0.2) is 72.3 Å². The second kappa shape index (κ2) is 10.8. The number of aliphatic hydroxyl groups excluding tert-OH is 1. The van der Waals surface area contributed by atoms with E-state index in [1.54, 1.807) is 36.4 Å². The molecule has 37 heavy (non-hydrogen) atoms. The third-order valence-corrected chi connectivity index (χ3v) is 6.18. The largest absolute Gasteiger partial charge is 0.507 e. The standard InChI is InChI=1S/C30H31NO6/c1-18(2)17-37-23-8-6-7-20(15-23)27-26(28(32)24-16-22(35-4)13-14-25(24)36-5)29(33)30(34)31(27)21-11-9-19(3)10-12-21/h6-16,18,27,32H,17H2,1-5H3/b28-26+. The van der Waals surface area contributed by atoms with E-state index in [1.165, 1.54) is 19.1 Å². The fourth-order valence-corrected chi connectivity index (χ4v) is 4.30. The van der Waals surface area contributed by atoms with Gasteiger partial charge in [0.15, 0.2) is 0 Å². The van der Waals surface area contributed by atoms with Crippen molar-refractivity contribution in [1.29, 1.82) is 0 Å². The summed E-state index contributed by atoms with van der Waals surface area (Å²) in [6.45, 7) is 6.57. The van der Waals surface area contributed by atoms with Gasteiger partial charge >= 0.3 is 0 Å². The number of benzene rings is 3. The van der Waals surface area contributed by atoms with Gasteiger partial charge in [0.1, 0.15) is 23.0 Å². The van der Waals surface area contributed by atoms with Crippen LogP contribution in [0, 0.1) is 12.8 Å². The molecule has 1 N–H and O–H groups in total. The Morgan fingerprint density at radius 2 is 1.68 bits per heavy atom. The molecule has 1 saturated heterocycles. The Kier molecular flexibility index (Phi) is 7.53. The highest BCUT2D eigenvalue weighted by atomic mass is 16.5. The van der Waals surface area contributed by atoms with Crippen molar-refractivity contribution in [2.45, 2.75) is 26.8 Å². The summed E-state index contributed by atoms with van der Waals surface area (Å²) in [6.07, 6.45) is 0. The molecule has 0 bridgehead atoms. The number of hydrogen-bond donors (Lipinski definition) is 1. The number of carbonyl (C=O) groups excluding carboxylic acids is 2. The summed E-state index contributed by atoms with van der Waals surface area (Å²) in [5, 5.41) is 11.5. The van der Waals surface area contributed by atoms with Gasteiger partial charge in [-0.1, -0.05) is 43.7 Å². The minimum Gasteiger partial charge on any atom is -0.507 e. The van der Waals surface area contributed by atoms with Crippen molar-refractivity contribution in [3.05, 3.63) is 89.0 Å². The first-order valence-electron chi connectivity index (χ1n) is 12.1. The maximum absolute atomic E-state index is 13.5. The molecule has 7 heteroatoms. The first kappa shape index (κ1) is 25.8. The highest BCUT2D eigenvalue weighted by Gasteiger charge is 2.47. The van der Waals surface area contributed by atoms with Crippen LogP contribution in [-0.4, -0.2) is 37.6 Å². The number of ether oxygens (including phenoxy) is 3. The van der Waals surface area contributed by atoms with Gasteiger partial charge in [-0.05, 0) is 60.9 Å². The fraction of sp³-hybridized carbons (Fsp3) is 0.267. The summed E-state index contributed by atoms with van der Waals surface area (Å²) in [5.74, 6) is -0.125. The van der Waals surface area contributed by atoms with Crippen LogP contribution in [0.25, 0.3) is 5.76 Å². The second-order valence-corrected chi connectivity index (χ2v) is 9.35. The monoisotopic (exact) mass is 501 g/mol. The number of carbonyl (C=O) groups is 2. The minimum atomic E-state index is -0.888. The lowest BCUT2D eigenvalue weighted by Gasteiger charge is -2.26. The van der Waals surface area contributed by atoms with Crippen molar-refractivity contribution in [1.82, 2.24) is 0 Å². The number of ketones is 1. The molecule has 7 nitrogen and oxygen atoms in total. The highest BCUT2D eigenvalue weighted by Crippen LogP contribution is 2.44. The Morgan fingerprint density at radius 1 is 0.946 bits per heavy atom. The SMILES string of the molecule is COc1ccc(OC)c(/C(O)=C2\C(=O)C(=O)N(c3ccc(C)cc3)C2c2cccc(OCC(C)C)c2)c1. The average molecular weight is 502 g/mol. The van der Waals surface area contributed by atoms with Crippen molar-refractivity contribution >= 4 is 23.1 Å². The van der Waals surface area contributed by atoms with Crippen LogP contribution < -0.4 is 19.1 Å². The smallest absolute Gasteiger partial charge is 0.300 e. The van der Waals surface area contributed by atoms with Crippen molar-refractivity contribution < 1.29 is 28.9 Å². The van der Waals surface area contributed by atoms with E-state index in [-0.39, 0.29) is 16.9 Å². The Morgan fingerprint density at radius 3 is 2.32 bits per heavy atom. The second-order valence-electron chi connectivity index (χ2n) is 9.35. The number of nitrogens with zero attached hydrogens (tertiary/aromatic N) is 1. The number of hydrogen-bond acceptors (Lipinski definition) is 6. The highest BCUT2D eigenvalue weighted by molar-refractivity contribution is 6.51. The van der Waals surface area contributed by atoms with Gasteiger partial charge in [0.25, 0.3) is 11.7 Å². The van der Waals surface area contributed by atoms with E-state index < -0.39 is 17.7 Å². The van der Waals surface area contributed by atoms with Gasteiger partial charge in [-0.25, -0.2) is 0 Å². The van der Waals surface area contributed by atoms with Crippen molar-refractivity contribution in [3.63, 3.8) is 0 Å². The van der Waals surface area contributed by atoms with Crippen LogP contribution in [0.2, 0.25) is 0 Å². The summed E-state index contributed by atoms with van der Waals surface area (Å²) in [4.78, 5) is 28.4. The van der Waals surface area contributed by atoms with Crippen LogP contribution in [0.4, 0.5) is 5.69 Å². The van der Waals surface area contributed by atoms with Crippen molar-refractivity contribution in [3.8, 4) is 17.2 Å². The average Bonchev–Trinajstić information content (AvgIpc) is 3.17. The van der Waals surface area contributed by atoms with E-state index >= 15 is 0 Å². The van der Waals surface area contributed by atoms with E-state index in [1.807, 2.05) is 37.3 Å². The molecular weight excluding hydrogens is 470 g/mol. The molecule has 3 aromatic carbocycles. The lowest BCUT2D eigenvalue weighted by atomic mass is 9.94. The molecule has 0 radical (unpaired) electrons. The van der Waals surface area contributed by atoms with Crippen LogP contribution in [0.5, 0.6) is 17.2 Å². The minimum absolute atomic E-state index is 0.0434. The van der Waals surface area contributed by atoms with Crippen LogP contribution in [-0.2, 0) is 9.59 Å². The zero-order chi connectivity index (χ0) is 26.7. The molecule has 0 saturated carbocycles. The maximum Gasteiger partial charge on any atom is 0.300 e. The molecule has 0 spiro atoms. The van der Waals surface area contributed by atoms with E-state index in [0.717, 1.165) is 5.56 Å². The zero-order valence-corrected chi connectivity index (χ0v) is 21.6. The van der Waals surface area contributed by atoms with Crippen LogP contribution in [0.3, 0.4) is 0 Å². The molecule has 1 atom stereocenters. The molecule has 1 aliphatic rings. The van der Waals surface area contributed by atoms with Gasteiger partial charge in [-0.2, -0.15) is 0 Å². The number of rotatable bonds is 8. The predicted octanol–water partition coefficient (Wildman–Crippen LogP) is 5.67. The summed E-state index contributed by atoms with van der Waals surface area (Å²) >= 11 is 0. The van der Waals surface area contributed by atoms with E-state index in [9.17, 15) is 14.7 Å². The van der Waals surface area contributed by atoms with Gasteiger partial charge < -0.3 is 19.3 Å². The molecule has 0 aromatic heterocycles. The van der Waals surface area contributed by atoms with E-state index in [0.29, 0.717) is 41.0 Å². The van der Waals surface area contributed by atoms with Crippen LogP contribution in [0.1, 0.15) is 36.6 Å². The topological polar surface area (TPSA) is 85.3 Å². The molecule has 1 heterocycles. The van der Waals surface area contributed by atoms with Gasteiger partial charge in [0.2, 0.25) is 0 Å². The van der Waals surface area contributed by atoms with Gasteiger partial charge in [0, 0.05) is 5.69 Å². The van der Waals surface area contributed by atoms with E-state index in [4.69, 9.17) is 14.2 Å². The third kappa shape index (κ3) is 5.16. The van der Waals surface area contributed by atoms with E-state index in [2.05, 4.69) is 13.8 Å². The summed E-state index contributed by atoms with van der Waals surface area (Å²) in [7, 11) is 2.97. The molecule has 1 amide bonds. The Labute approximate surface area is 216 Å². The first-order chi connectivity index (χ1) is 17.7. The van der Waals surface area contributed by atoms with Gasteiger partial charge in [0.05, 0.1) is 38.0 Å². The normalized spacial score (nSPS) is 16.8. The lowest BCUT2D eigenvalue weighted by Crippen LogP contribution is -2.29. The molecule has 1 unspecified atom stereocenters. The number of aliphatic hydroxyl groups is 1. The molecule has 4 rings (SSSR count). The number of amides is 1. The molecule has 3 aromatic rings. The molecular formula is C30H31NO6.